The van der Waals surface area contributed by atoms with Crippen molar-refractivity contribution in [2.45, 2.75) is 13.1 Å². The molecule has 6 heteroatoms. The molecule has 0 aliphatic rings. The first-order valence-electron chi connectivity index (χ1n) is 6.49. The number of fused-ring (bicyclic) bond motifs is 1. The second-order valence-electron chi connectivity index (χ2n) is 4.97. The van der Waals surface area contributed by atoms with Crippen LogP contribution in [-0.2, 0) is 13.1 Å². The number of aromatic nitrogens is 2. The number of rotatable bonds is 4. The van der Waals surface area contributed by atoms with Crippen molar-refractivity contribution in [1.29, 1.82) is 0 Å². The van der Waals surface area contributed by atoms with Gasteiger partial charge in [0.15, 0.2) is 0 Å². The van der Waals surface area contributed by atoms with E-state index in [0.29, 0.717) is 17.2 Å². The highest BCUT2D eigenvalue weighted by atomic mass is 35.5. The molecule has 0 radical (unpaired) electrons. The largest absolute Gasteiger partial charge is 0.296 e. The standard InChI is InChI=1S/C15H14ClN3OS/c1-18(7-11-4-5-21-10-11)9-13-6-15(20)19-8-12(16)2-3-14(19)17-13/h2-6,8,10H,7,9H2,1H3. The van der Waals surface area contributed by atoms with Crippen LogP contribution < -0.4 is 5.56 Å². The Morgan fingerprint density at radius 1 is 1.33 bits per heavy atom. The topological polar surface area (TPSA) is 37.6 Å². The van der Waals surface area contributed by atoms with Crippen molar-refractivity contribution in [3.05, 3.63) is 67.9 Å². The zero-order valence-electron chi connectivity index (χ0n) is 11.5. The fourth-order valence-electron chi connectivity index (χ4n) is 2.23. The van der Waals surface area contributed by atoms with Crippen molar-refractivity contribution in [1.82, 2.24) is 14.3 Å². The minimum absolute atomic E-state index is 0.110. The van der Waals surface area contributed by atoms with Gasteiger partial charge < -0.3 is 0 Å². The Morgan fingerprint density at radius 2 is 2.19 bits per heavy atom. The van der Waals surface area contributed by atoms with E-state index in [1.54, 1.807) is 35.7 Å². The van der Waals surface area contributed by atoms with E-state index in [-0.39, 0.29) is 5.56 Å². The molecule has 108 valence electrons. The molecule has 0 saturated heterocycles. The fraction of sp³-hybridized carbons (Fsp3) is 0.200. The second-order valence-corrected chi connectivity index (χ2v) is 6.18. The summed E-state index contributed by atoms with van der Waals surface area (Å²) < 4.78 is 1.46. The van der Waals surface area contributed by atoms with Gasteiger partial charge in [0.2, 0.25) is 0 Å². The highest BCUT2D eigenvalue weighted by Crippen LogP contribution is 2.11. The minimum atomic E-state index is -0.110. The highest BCUT2D eigenvalue weighted by molar-refractivity contribution is 7.07. The van der Waals surface area contributed by atoms with Gasteiger partial charge in [-0.2, -0.15) is 11.3 Å². The highest BCUT2D eigenvalue weighted by Gasteiger charge is 2.07. The summed E-state index contributed by atoms with van der Waals surface area (Å²) in [4.78, 5) is 18.7. The van der Waals surface area contributed by atoms with Crippen LogP contribution >= 0.6 is 22.9 Å². The molecule has 3 rings (SSSR count). The van der Waals surface area contributed by atoms with Gasteiger partial charge in [-0.1, -0.05) is 11.6 Å². The third kappa shape index (κ3) is 3.32. The maximum Gasteiger partial charge on any atom is 0.258 e. The van der Waals surface area contributed by atoms with Crippen molar-refractivity contribution in [3.63, 3.8) is 0 Å². The van der Waals surface area contributed by atoms with Crippen molar-refractivity contribution in [2.24, 2.45) is 0 Å². The molecule has 0 saturated carbocycles. The number of halogens is 1. The summed E-state index contributed by atoms with van der Waals surface area (Å²) in [5, 5.41) is 4.71. The number of nitrogens with zero attached hydrogens (tertiary/aromatic N) is 3. The molecule has 21 heavy (non-hydrogen) atoms. The normalized spacial score (nSPS) is 11.4. The van der Waals surface area contributed by atoms with Gasteiger partial charge in [-0.05, 0) is 41.6 Å². The Morgan fingerprint density at radius 3 is 2.95 bits per heavy atom. The molecule has 3 aromatic heterocycles. The van der Waals surface area contributed by atoms with Gasteiger partial charge >= 0.3 is 0 Å². The summed E-state index contributed by atoms with van der Waals surface area (Å²) in [5.41, 5.74) is 2.54. The first-order chi connectivity index (χ1) is 10.1. The minimum Gasteiger partial charge on any atom is -0.296 e. The van der Waals surface area contributed by atoms with Crippen LogP contribution in [0.15, 0.2) is 46.0 Å². The van der Waals surface area contributed by atoms with Gasteiger partial charge in [-0.3, -0.25) is 14.1 Å². The number of hydrogen-bond acceptors (Lipinski definition) is 4. The van der Waals surface area contributed by atoms with E-state index in [1.165, 1.54) is 9.96 Å². The molecular formula is C15H14ClN3OS. The lowest BCUT2D eigenvalue weighted by Gasteiger charge is -2.15. The van der Waals surface area contributed by atoms with Crippen LogP contribution in [0.3, 0.4) is 0 Å². The summed E-state index contributed by atoms with van der Waals surface area (Å²) in [6.07, 6.45) is 1.59. The van der Waals surface area contributed by atoms with Gasteiger partial charge in [0.05, 0.1) is 10.7 Å². The van der Waals surface area contributed by atoms with Crippen LogP contribution in [0, 0.1) is 0 Å². The fourth-order valence-corrected chi connectivity index (χ4v) is 3.05. The van der Waals surface area contributed by atoms with Crippen LogP contribution in [0.5, 0.6) is 0 Å². The zero-order chi connectivity index (χ0) is 14.8. The first-order valence-corrected chi connectivity index (χ1v) is 7.81. The van der Waals surface area contributed by atoms with E-state index in [2.05, 4.69) is 26.7 Å². The van der Waals surface area contributed by atoms with E-state index in [0.717, 1.165) is 12.2 Å². The van der Waals surface area contributed by atoms with Crippen molar-refractivity contribution >= 4 is 28.6 Å². The third-order valence-corrected chi connectivity index (χ3v) is 4.10. The SMILES string of the molecule is CN(Cc1ccsc1)Cc1cc(=O)n2cc(Cl)ccc2n1. The number of hydrogen-bond donors (Lipinski definition) is 0. The summed E-state index contributed by atoms with van der Waals surface area (Å²) in [6.45, 7) is 1.47. The van der Waals surface area contributed by atoms with Crippen molar-refractivity contribution in [3.8, 4) is 0 Å². The van der Waals surface area contributed by atoms with Crippen molar-refractivity contribution in [2.75, 3.05) is 7.05 Å². The smallest absolute Gasteiger partial charge is 0.258 e. The number of pyridine rings is 1. The van der Waals surface area contributed by atoms with Crippen LogP contribution in [0.25, 0.3) is 5.65 Å². The average Bonchev–Trinajstić information content (AvgIpc) is 2.92. The van der Waals surface area contributed by atoms with Gasteiger partial charge in [-0.15, -0.1) is 0 Å². The van der Waals surface area contributed by atoms with E-state index >= 15 is 0 Å². The van der Waals surface area contributed by atoms with Crippen LogP contribution in [0.1, 0.15) is 11.3 Å². The maximum absolute atomic E-state index is 12.1. The molecule has 0 atom stereocenters. The van der Waals surface area contributed by atoms with Crippen molar-refractivity contribution < 1.29 is 0 Å². The van der Waals surface area contributed by atoms with E-state index in [1.807, 2.05) is 7.05 Å². The molecule has 4 nitrogen and oxygen atoms in total. The van der Waals surface area contributed by atoms with Gasteiger partial charge in [0.1, 0.15) is 5.65 Å². The lowest BCUT2D eigenvalue weighted by molar-refractivity contribution is 0.315. The molecule has 0 N–H and O–H groups in total. The molecule has 0 unspecified atom stereocenters. The Balaban J connectivity index is 1.84. The van der Waals surface area contributed by atoms with Crippen LogP contribution in [0.2, 0.25) is 5.02 Å². The predicted molar refractivity (Wildman–Crippen MR) is 86.0 cm³/mol. The quantitative estimate of drug-likeness (QED) is 0.742. The monoisotopic (exact) mass is 319 g/mol. The molecular weight excluding hydrogens is 306 g/mol. The summed E-state index contributed by atoms with van der Waals surface area (Å²) in [6, 6.07) is 7.16. The van der Waals surface area contributed by atoms with Crippen LogP contribution in [-0.4, -0.2) is 21.3 Å². The van der Waals surface area contributed by atoms with E-state index < -0.39 is 0 Å². The third-order valence-electron chi connectivity index (χ3n) is 3.14. The van der Waals surface area contributed by atoms with Gasteiger partial charge in [-0.25, -0.2) is 4.98 Å². The maximum atomic E-state index is 12.1. The lowest BCUT2D eigenvalue weighted by Crippen LogP contribution is -2.21. The van der Waals surface area contributed by atoms with E-state index in [9.17, 15) is 4.79 Å². The van der Waals surface area contributed by atoms with E-state index in [4.69, 9.17) is 11.6 Å². The Bertz CT molecular complexity index is 813. The lowest BCUT2D eigenvalue weighted by atomic mass is 10.3. The molecule has 0 aromatic carbocycles. The van der Waals surface area contributed by atoms with Gasteiger partial charge in [0.25, 0.3) is 5.56 Å². The Labute approximate surface area is 131 Å². The first kappa shape index (κ1) is 14.3. The molecule has 0 aliphatic heterocycles. The summed E-state index contributed by atoms with van der Waals surface area (Å²) >= 11 is 7.58. The zero-order valence-corrected chi connectivity index (χ0v) is 13.1. The summed E-state index contributed by atoms with van der Waals surface area (Å²) in [5.74, 6) is 0. The second kappa shape index (κ2) is 5.97. The number of thiophene rings is 1. The predicted octanol–water partition coefficient (Wildman–Crippen LogP) is 3.04. The molecule has 0 aliphatic carbocycles. The molecule has 0 spiro atoms. The molecule has 3 aromatic rings. The molecule has 0 fully saturated rings. The molecule has 3 heterocycles. The Kier molecular flexibility index (Phi) is 4.05. The van der Waals surface area contributed by atoms with Crippen LogP contribution in [0.4, 0.5) is 0 Å². The molecule has 0 bridgehead atoms. The van der Waals surface area contributed by atoms with Gasteiger partial charge in [0, 0.05) is 25.4 Å². The summed E-state index contributed by atoms with van der Waals surface area (Å²) in [7, 11) is 2.02. The average molecular weight is 320 g/mol. The Hall–Kier alpha value is -1.69. The molecule has 0 amide bonds.